The summed E-state index contributed by atoms with van der Waals surface area (Å²) >= 11 is 0. The van der Waals surface area contributed by atoms with Gasteiger partial charge in [0, 0.05) is 25.8 Å². The summed E-state index contributed by atoms with van der Waals surface area (Å²) in [6.07, 6.45) is 2.62. The van der Waals surface area contributed by atoms with Crippen LogP contribution in [0.2, 0.25) is 0 Å². The fourth-order valence-electron chi connectivity index (χ4n) is 2.60. The molecule has 1 aromatic heterocycles. The number of halogens is 1. The highest BCUT2D eigenvalue weighted by molar-refractivity contribution is 6.04. The van der Waals surface area contributed by atoms with E-state index in [0.717, 1.165) is 17.3 Å². The Morgan fingerprint density at radius 3 is 2.57 bits per heavy atom. The van der Waals surface area contributed by atoms with E-state index in [9.17, 15) is 18.8 Å². The Kier molecular flexibility index (Phi) is 4.18. The normalized spacial score (nSPS) is 21.2. The van der Waals surface area contributed by atoms with Crippen molar-refractivity contribution in [2.75, 3.05) is 19.6 Å². The molecular weight excluding hydrogens is 307 g/mol. The molecule has 9 heteroatoms. The van der Waals surface area contributed by atoms with Gasteiger partial charge in [-0.1, -0.05) is 0 Å². The molecule has 3 amide bonds. The molecule has 0 spiro atoms. The highest BCUT2D eigenvalue weighted by Crippen LogP contribution is 2.17. The van der Waals surface area contributed by atoms with Gasteiger partial charge in [-0.2, -0.15) is 0 Å². The van der Waals surface area contributed by atoms with Gasteiger partial charge in [0.2, 0.25) is 17.7 Å². The summed E-state index contributed by atoms with van der Waals surface area (Å²) in [5.74, 6) is -1.47. The molecule has 1 aromatic rings. The molecule has 1 atom stereocenters. The van der Waals surface area contributed by atoms with Crippen LogP contribution in [0, 0.1) is 5.82 Å². The van der Waals surface area contributed by atoms with Crippen molar-refractivity contribution in [3.05, 3.63) is 18.2 Å². The molecule has 23 heavy (non-hydrogen) atoms. The molecule has 0 saturated carbocycles. The minimum Gasteiger partial charge on any atom is -0.458 e. The highest BCUT2D eigenvalue weighted by atomic mass is 19.1. The van der Waals surface area contributed by atoms with Crippen molar-refractivity contribution < 1.29 is 23.5 Å². The van der Waals surface area contributed by atoms with Crippen LogP contribution in [0.1, 0.15) is 19.3 Å². The topological polar surface area (TPSA) is 92.7 Å². The molecule has 8 nitrogen and oxygen atoms in total. The first-order valence-corrected chi connectivity index (χ1v) is 7.28. The minimum atomic E-state index is -0.555. The number of hydrogen-bond acceptors (Lipinski definition) is 6. The molecule has 2 fully saturated rings. The largest absolute Gasteiger partial charge is 0.458 e. The molecule has 2 aliphatic rings. The molecule has 0 unspecified atom stereocenters. The van der Waals surface area contributed by atoms with Crippen molar-refractivity contribution in [1.29, 1.82) is 0 Å². The van der Waals surface area contributed by atoms with Crippen LogP contribution in [0.15, 0.2) is 12.4 Å². The van der Waals surface area contributed by atoms with Crippen molar-refractivity contribution in [2.45, 2.75) is 25.4 Å². The van der Waals surface area contributed by atoms with Gasteiger partial charge in [0.25, 0.3) is 0 Å². The van der Waals surface area contributed by atoms with E-state index in [1.165, 1.54) is 4.90 Å². The van der Waals surface area contributed by atoms with Gasteiger partial charge in [0.1, 0.15) is 12.6 Å². The summed E-state index contributed by atoms with van der Waals surface area (Å²) < 4.78 is 18.2. The third kappa shape index (κ3) is 3.43. The predicted octanol–water partition coefficient (Wildman–Crippen LogP) is -0.256. The Bertz CT molecular complexity index is 620. The van der Waals surface area contributed by atoms with Crippen molar-refractivity contribution >= 4 is 17.7 Å². The Morgan fingerprint density at radius 1 is 1.26 bits per heavy atom. The van der Waals surface area contributed by atoms with Crippen LogP contribution in [-0.2, 0) is 14.4 Å². The lowest BCUT2D eigenvalue weighted by atomic mass is 10.3. The maximum Gasteiger partial charge on any atom is 0.316 e. The first-order chi connectivity index (χ1) is 11.0. The summed E-state index contributed by atoms with van der Waals surface area (Å²) in [5, 5.41) is 0. The monoisotopic (exact) mass is 322 g/mol. The molecule has 122 valence electrons. The van der Waals surface area contributed by atoms with Gasteiger partial charge in [-0.15, -0.1) is 0 Å². The fourth-order valence-corrected chi connectivity index (χ4v) is 2.60. The van der Waals surface area contributed by atoms with Crippen LogP contribution in [0.4, 0.5) is 4.39 Å². The van der Waals surface area contributed by atoms with E-state index in [0.29, 0.717) is 19.5 Å². The van der Waals surface area contributed by atoms with E-state index in [4.69, 9.17) is 4.74 Å². The molecule has 0 N–H and O–H groups in total. The van der Waals surface area contributed by atoms with Gasteiger partial charge < -0.3 is 9.64 Å². The first-order valence-electron chi connectivity index (χ1n) is 7.28. The third-order valence-corrected chi connectivity index (χ3v) is 3.81. The second-order valence-corrected chi connectivity index (χ2v) is 5.43. The summed E-state index contributed by atoms with van der Waals surface area (Å²) in [6.45, 7) is 0.550. The SMILES string of the molecule is O=C(CN1C(=O)CCC1=O)N1CC[C@H](Oc2ncc(F)cn2)C1. The molecular formula is C14H15FN4O4. The van der Waals surface area contributed by atoms with Gasteiger partial charge in [-0.05, 0) is 0 Å². The summed E-state index contributed by atoms with van der Waals surface area (Å²) in [4.78, 5) is 45.2. The smallest absolute Gasteiger partial charge is 0.316 e. The van der Waals surface area contributed by atoms with Crippen LogP contribution in [0.25, 0.3) is 0 Å². The van der Waals surface area contributed by atoms with Crippen LogP contribution in [0.3, 0.4) is 0 Å². The Morgan fingerprint density at radius 2 is 1.91 bits per heavy atom. The van der Waals surface area contributed by atoms with E-state index in [1.54, 1.807) is 0 Å². The highest BCUT2D eigenvalue weighted by Gasteiger charge is 2.34. The number of imide groups is 1. The average molecular weight is 322 g/mol. The van der Waals surface area contributed by atoms with Crippen molar-refractivity contribution in [1.82, 2.24) is 19.8 Å². The van der Waals surface area contributed by atoms with E-state index in [1.807, 2.05) is 0 Å². The van der Waals surface area contributed by atoms with Crippen LogP contribution >= 0.6 is 0 Å². The van der Waals surface area contributed by atoms with Gasteiger partial charge in [0.15, 0.2) is 5.82 Å². The summed E-state index contributed by atoms with van der Waals surface area (Å²) in [7, 11) is 0. The second kappa shape index (κ2) is 6.27. The van der Waals surface area contributed by atoms with Crippen molar-refractivity contribution in [3.63, 3.8) is 0 Å². The molecule has 0 radical (unpaired) electrons. The third-order valence-electron chi connectivity index (χ3n) is 3.81. The number of aromatic nitrogens is 2. The molecule has 0 aliphatic carbocycles. The molecule has 0 bridgehead atoms. The molecule has 3 heterocycles. The minimum absolute atomic E-state index is 0.0515. The molecule has 3 rings (SSSR count). The summed E-state index contributed by atoms with van der Waals surface area (Å²) in [6, 6.07) is 0.0515. The quantitative estimate of drug-likeness (QED) is 0.710. The molecule has 2 saturated heterocycles. The standard InChI is InChI=1S/C14H15FN4O4/c15-9-5-16-14(17-6-9)23-10-3-4-18(7-10)13(22)8-19-11(20)1-2-12(19)21/h5-6,10H,1-4,7-8H2/t10-/m0/s1. The number of amides is 3. The first kappa shape index (κ1) is 15.3. The van der Waals surface area contributed by atoms with E-state index in [2.05, 4.69) is 9.97 Å². The number of carbonyl (C=O) groups is 3. The zero-order chi connectivity index (χ0) is 16.4. The second-order valence-electron chi connectivity index (χ2n) is 5.43. The van der Waals surface area contributed by atoms with E-state index >= 15 is 0 Å². The fraction of sp³-hybridized carbons (Fsp3) is 0.500. The average Bonchev–Trinajstić information content (AvgIpc) is 3.11. The Labute approximate surface area is 131 Å². The Balaban J connectivity index is 1.52. The van der Waals surface area contributed by atoms with Crippen LogP contribution in [-0.4, -0.2) is 63.2 Å². The maximum atomic E-state index is 12.7. The number of likely N-dealkylation sites (tertiary alicyclic amines) is 2. The zero-order valence-electron chi connectivity index (χ0n) is 12.3. The van der Waals surface area contributed by atoms with Crippen LogP contribution < -0.4 is 4.74 Å². The van der Waals surface area contributed by atoms with Gasteiger partial charge in [-0.25, -0.2) is 14.4 Å². The summed E-state index contributed by atoms with van der Waals surface area (Å²) in [5.41, 5.74) is 0. The van der Waals surface area contributed by atoms with Crippen molar-refractivity contribution in [3.8, 4) is 6.01 Å². The maximum absolute atomic E-state index is 12.7. The predicted molar refractivity (Wildman–Crippen MR) is 73.6 cm³/mol. The number of nitrogens with zero attached hydrogens (tertiary/aromatic N) is 4. The zero-order valence-corrected chi connectivity index (χ0v) is 12.3. The number of carbonyl (C=O) groups excluding carboxylic acids is 3. The van der Waals surface area contributed by atoms with Gasteiger partial charge in [0.05, 0.1) is 18.9 Å². The van der Waals surface area contributed by atoms with Gasteiger partial charge >= 0.3 is 6.01 Å². The van der Waals surface area contributed by atoms with E-state index < -0.39 is 5.82 Å². The lowest BCUT2D eigenvalue weighted by Crippen LogP contribution is -2.42. The number of ether oxygens (including phenoxy) is 1. The van der Waals surface area contributed by atoms with Gasteiger partial charge in [-0.3, -0.25) is 19.3 Å². The number of rotatable bonds is 4. The molecule has 2 aliphatic heterocycles. The number of hydrogen-bond donors (Lipinski definition) is 0. The lowest BCUT2D eigenvalue weighted by molar-refractivity contribution is -0.145. The Hall–Kier alpha value is -2.58. The molecule has 0 aromatic carbocycles. The van der Waals surface area contributed by atoms with E-state index in [-0.39, 0.29) is 49.2 Å². The lowest BCUT2D eigenvalue weighted by Gasteiger charge is -2.20. The van der Waals surface area contributed by atoms with Crippen LogP contribution in [0.5, 0.6) is 6.01 Å². The van der Waals surface area contributed by atoms with Crippen molar-refractivity contribution in [2.24, 2.45) is 0 Å².